The van der Waals surface area contributed by atoms with Gasteiger partial charge >= 0.3 is 6.18 Å². The van der Waals surface area contributed by atoms with Crippen molar-refractivity contribution >= 4 is 11.8 Å². The molecule has 0 fully saturated rings. The number of hydrogen-bond donors (Lipinski definition) is 0. The molecule has 0 spiro atoms. The molecule has 2 aromatic carbocycles. The Balaban J connectivity index is 1.84. The number of rotatable bonds is 6. The van der Waals surface area contributed by atoms with Crippen molar-refractivity contribution in [3.05, 3.63) is 59.7 Å². The zero-order valence-corrected chi connectivity index (χ0v) is 15.6. The van der Waals surface area contributed by atoms with Crippen molar-refractivity contribution in [2.45, 2.75) is 30.6 Å². The van der Waals surface area contributed by atoms with Gasteiger partial charge in [0.15, 0.2) is 11.0 Å². The molecule has 0 bridgehead atoms. The second-order valence-corrected chi connectivity index (χ2v) is 6.67. The lowest BCUT2D eigenvalue weighted by Crippen LogP contribution is -2.08. The summed E-state index contributed by atoms with van der Waals surface area (Å²) < 4.78 is 46.5. The van der Waals surface area contributed by atoms with Crippen LogP contribution in [0, 0.1) is 0 Å². The highest BCUT2D eigenvalue weighted by Gasteiger charge is 2.32. The van der Waals surface area contributed by atoms with Gasteiger partial charge in [0.25, 0.3) is 0 Å². The zero-order chi connectivity index (χ0) is 19.4. The Morgan fingerprint density at radius 2 is 1.74 bits per heavy atom. The molecule has 0 aliphatic heterocycles. The Bertz CT molecular complexity index is 907. The summed E-state index contributed by atoms with van der Waals surface area (Å²) in [5, 5.41) is 8.99. The molecule has 0 aliphatic carbocycles. The largest absolute Gasteiger partial charge is 0.497 e. The van der Waals surface area contributed by atoms with Crippen LogP contribution in [0.3, 0.4) is 0 Å². The average Bonchev–Trinajstić information content (AvgIpc) is 3.08. The van der Waals surface area contributed by atoms with E-state index >= 15 is 0 Å². The van der Waals surface area contributed by atoms with Crippen LogP contribution in [-0.2, 0) is 18.5 Å². The minimum absolute atomic E-state index is 0.163. The maximum atomic E-state index is 13.2. The quantitative estimate of drug-likeness (QED) is 0.534. The fourth-order valence-electron chi connectivity index (χ4n) is 2.70. The third-order valence-corrected chi connectivity index (χ3v) is 5.08. The molecule has 0 unspecified atom stereocenters. The van der Waals surface area contributed by atoms with E-state index in [0.29, 0.717) is 17.5 Å². The molecule has 3 aromatic rings. The van der Waals surface area contributed by atoms with Crippen LogP contribution in [0.2, 0.25) is 0 Å². The average molecular weight is 393 g/mol. The van der Waals surface area contributed by atoms with E-state index in [9.17, 15) is 13.2 Å². The van der Waals surface area contributed by atoms with Crippen LogP contribution < -0.4 is 4.74 Å². The Kier molecular flexibility index (Phi) is 5.74. The van der Waals surface area contributed by atoms with Crippen LogP contribution >= 0.6 is 11.8 Å². The summed E-state index contributed by atoms with van der Waals surface area (Å²) in [5.41, 5.74) is 0.481. The number of hydrogen-bond acceptors (Lipinski definition) is 4. The van der Waals surface area contributed by atoms with E-state index in [1.165, 1.54) is 23.9 Å². The molecular weight excluding hydrogens is 375 g/mol. The summed E-state index contributed by atoms with van der Waals surface area (Å²) in [6.07, 6.45) is -4.37. The molecule has 3 rings (SSSR count). The highest BCUT2D eigenvalue weighted by Crippen LogP contribution is 2.35. The Labute approximate surface area is 159 Å². The number of thioether (sulfide) groups is 1. The predicted molar refractivity (Wildman–Crippen MR) is 98.7 cm³/mol. The van der Waals surface area contributed by atoms with Crippen molar-refractivity contribution in [1.82, 2.24) is 14.8 Å². The first-order valence-corrected chi connectivity index (χ1v) is 9.28. The number of halogens is 3. The van der Waals surface area contributed by atoms with E-state index in [-0.39, 0.29) is 11.3 Å². The zero-order valence-electron chi connectivity index (χ0n) is 14.8. The number of ether oxygens (including phenoxy) is 1. The third kappa shape index (κ3) is 4.27. The molecule has 0 amide bonds. The Morgan fingerprint density at radius 3 is 2.37 bits per heavy atom. The van der Waals surface area contributed by atoms with Gasteiger partial charge in [-0.1, -0.05) is 30.0 Å². The fraction of sp³-hybridized carbons (Fsp3) is 0.263. The molecule has 142 valence electrons. The van der Waals surface area contributed by atoms with Crippen LogP contribution in [0.15, 0.2) is 53.7 Å². The van der Waals surface area contributed by atoms with Crippen molar-refractivity contribution < 1.29 is 17.9 Å². The van der Waals surface area contributed by atoms with E-state index in [4.69, 9.17) is 4.74 Å². The van der Waals surface area contributed by atoms with Crippen LogP contribution in [0.5, 0.6) is 5.75 Å². The lowest BCUT2D eigenvalue weighted by molar-refractivity contribution is -0.138. The van der Waals surface area contributed by atoms with Crippen molar-refractivity contribution in [2.75, 3.05) is 7.11 Å². The van der Waals surface area contributed by atoms with E-state index in [1.807, 2.05) is 35.8 Å². The van der Waals surface area contributed by atoms with Crippen molar-refractivity contribution in [1.29, 1.82) is 0 Å². The molecular formula is C19H18F3N3OS. The maximum absolute atomic E-state index is 13.2. The lowest BCUT2D eigenvalue weighted by Gasteiger charge is -2.12. The van der Waals surface area contributed by atoms with Gasteiger partial charge in [-0.2, -0.15) is 13.2 Å². The van der Waals surface area contributed by atoms with Crippen molar-refractivity contribution in [3.8, 4) is 17.1 Å². The van der Waals surface area contributed by atoms with Gasteiger partial charge in [0.05, 0.1) is 12.7 Å². The van der Waals surface area contributed by atoms with Crippen molar-refractivity contribution in [2.24, 2.45) is 0 Å². The molecule has 8 heteroatoms. The topological polar surface area (TPSA) is 39.9 Å². The van der Waals surface area contributed by atoms with Crippen LogP contribution in [0.1, 0.15) is 18.1 Å². The standard InChI is InChI=1S/C19H18F3N3OS/c1-3-25-17(13-8-10-15(26-2)11-9-13)23-24-18(25)27-12-14-6-4-5-7-16(14)19(20,21)22/h4-11H,3,12H2,1-2H3. The summed E-state index contributed by atoms with van der Waals surface area (Å²) >= 11 is 1.24. The third-order valence-electron chi connectivity index (χ3n) is 4.06. The summed E-state index contributed by atoms with van der Waals surface area (Å²) in [5.74, 6) is 1.57. The SMILES string of the molecule is CCn1c(SCc2ccccc2C(F)(F)F)nnc1-c1ccc(OC)cc1. The van der Waals surface area contributed by atoms with E-state index < -0.39 is 11.7 Å². The minimum atomic E-state index is -4.37. The minimum Gasteiger partial charge on any atom is -0.497 e. The van der Waals surface area contributed by atoms with Crippen LogP contribution in [-0.4, -0.2) is 21.9 Å². The first-order valence-electron chi connectivity index (χ1n) is 8.29. The van der Waals surface area contributed by atoms with Crippen LogP contribution in [0.4, 0.5) is 13.2 Å². The molecule has 1 heterocycles. The predicted octanol–water partition coefficient (Wildman–Crippen LogP) is 5.28. The first kappa shape index (κ1) is 19.3. The molecule has 0 saturated carbocycles. The van der Waals surface area contributed by atoms with Crippen molar-refractivity contribution in [3.63, 3.8) is 0 Å². The number of nitrogens with zero attached hydrogens (tertiary/aromatic N) is 3. The van der Waals surface area contributed by atoms with E-state index in [1.54, 1.807) is 13.2 Å². The normalized spacial score (nSPS) is 11.6. The summed E-state index contributed by atoms with van der Waals surface area (Å²) in [7, 11) is 1.59. The van der Waals surface area contributed by atoms with Gasteiger partial charge in [0, 0.05) is 17.9 Å². The van der Waals surface area contributed by atoms with Gasteiger partial charge in [-0.05, 0) is 42.8 Å². The monoisotopic (exact) mass is 393 g/mol. The number of aromatic nitrogens is 3. The fourth-order valence-corrected chi connectivity index (χ4v) is 3.71. The lowest BCUT2D eigenvalue weighted by atomic mass is 10.1. The Hall–Kier alpha value is -2.48. The number of alkyl halides is 3. The van der Waals surface area contributed by atoms with Gasteiger partial charge in [-0.3, -0.25) is 0 Å². The Morgan fingerprint density at radius 1 is 1.04 bits per heavy atom. The highest BCUT2D eigenvalue weighted by atomic mass is 32.2. The van der Waals surface area contributed by atoms with Crippen LogP contribution in [0.25, 0.3) is 11.4 Å². The number of methoxy groups -OCH3 is 1. The smallest absolute Gasteiger partial charge is 0.416 e. The van der Waals surface area contributed by atoms with Gasteiger partial charge in [0.2, 0.25) is 0 Å². The van der Waals surface area contributed by atoms with Gasteiger partial charge < -0.3 is 9.30 Å². The van der Waals surface area contributed by atoms with Gasteiger partial charge in [0.1, 0.15) is 5.75 Å². The molecule has 1 aromatic heterocycles. The van der Waals surface area contributed by atoms with Gasteiger partial charge in [-0.15, -0.1) is 10.2 Å². The molecule has 27 heavy (non-hydrogen) atoms. The highest BCUT2D eigenvalue weighted by molar-refractivity contribution is 7.98. The molecule has 4 nitrogen and oxygen atoms in total. The molecule has 0 atom stereocenters. The summed E-state index contributed by atoms with van der Waals surface area (Å²) in [6, 6.07) is 13.0. The second kappa shape index (κ2) is 8.04. The second-order valence-electron chi connectivity index (χ2n) is 5.72. The summed E-state index contributed by atoms with van der Waals surface area (Å²) in [4.78, 5) is 0. The molecule has 0 saturated heterocycles. The first-order chi connectivity index (χ1) is 12.9. The van der Waals surface area contributed by atoms with Gasteiger partial charge in [-0.25, -0.2) is 0 Å². The maximum Gasteiger partial charge on any atom is 0.416 e. The molecule has 0 radical (unpaired) electrons. The molecule has 0 aliphatic rings. The van der Waals surface area contributed by atoms with E-state index in [0.717, 1.165) is 17.4 Å². The summed E-state index contributed by atoms with van der Waals surface area (Å²) in [6.45, 7) is 2.56. The molecule has 0 N–H and O–H groups in total. The van der Waals surface area contributed by atoms with E-state index in [2.05, 4.69) is 10.2 Å². The number of benzene rings is 2.